The smallest absolute Gasteiger partial charge is 0.0492 e. The molecular weight excluding hydrogens is 174 g/mol. The minimum absolute atomic E-state index is 0.634. The Morgan fingerprint density at radius 1 is 1.50 bits per heavy atom. The van der Waals surface area contributed by atoms with E-state index >= 15 is 0 Å². The maximum absolute atomic E-state index is 4.26. The second kappa shape index (κ2) is 5.81. The highest BCUT2D eigenvalue weighted by atomic mass is 15.3. The fraction of sp³-hybridized carbons (Fsp3) is 0.727. The van der Waals surface area contributed by atoms with E-state index in [0.717, 1.165) is 13.0 Å². The zero-order chi connectivity index (χ0) is 10.4. The van der Waals surface area contributed by atoms with E-state index < -0.39 is 0 Å². The molecule has 1 heterocycles. The van der Waals surface area contributed by atoms with E-state index in [1.54, 1.807) is 0 Å². The van der Waals surface area contributed by atoms with Crippen molar-refractivity contribution < 1.29 is 0 Å². The lowest BCUT2D eigenvalue weighted by Crippen LogP contribution is -2.25. The van der Waals surface area contributed by atoms with Gasteiger partial charge in [-0.2, -0.15) is 5.10 Å². The molecular formula is C11H21N3. The van der Waals surface area contributed by atoms with E-state index in [4.69, 9.17) is 0 Å². The summed E-state index contributed by atoms with van der Waals surface area (Å²) in [5.41, 5.74) is 1.35. The second-order valence-electron chi connectivity index (χ2n) is 3.57. The van der Waals surface area contributed by atoms with Crippen molar-refractivity contribution in [3.8, 4) is 0 Å². The molecule has 1 rings (SSSR count). The molecule has 0 aliphatic heterocycles. The number of nitrogens with one attached hydrogen (secondary N) is 1. The van der Waals surface area contributed by atoms with Gasteiger partial charge >= 0.3 is 0 Å². The van der Waals surface area contributed by atoms with Crippen LogP contribution in [-0.2, 0) is 13.0 Å². The van der Waals surface area contributed by atoms with Crippen LogP contribution in [0.1, 0.15) is 32.4 Å². The molecule has 0 fully saturated rings. The Balaban J connectivity index is 2.44. The minimum atomic E-state index is 0.634. The molecule has 1 aromatic rings. The summed E-state index contributed by atoms with van der Waals surface area (Å²) in [7, 11) is 2.03. The average Bonchev–Trinajstić information content (AvgIpc) is 2.67. The van der Waals surface area contributed by atoms with Crippen LogP contribution in [0.4, 0.5) is 0 Å². The summed E-state index contributed by atoms with van der Waals surface area (Å²) >= 11 is 0. The molecule has 80 valence electrons. The Morgan fingerprint density at radius 3 is 2.86 bits per heavy atom. The lowest BCUT2D eigenvalue weighted by atomic mass is 10.1. The summed E-state index contributed by atoms with van der Waals surface area (Å²) in [4.78, 5) is 0. The van der Waals surface area contributed by atoms with Crippen LogP contribution in [0.15, 0.2) is 12.3 Å². The summed E-state index contributed by atoms with van der Waals surface area (Å²) in [6.07, 6.45) is 5.39. The van der Waals surface area contributed by atoms with E-state index in [1.165, 1.54) is 18.5 Å². The van der Waals surface area contributed by atoms with Crippen LogP contribution in [0, 0.1) is 0 Å². The predicted molar refractivity (Wildman–Crippen MR) is 59.4 cm³/mol. The molecule has 1 aromatic heterocycles. The highest BCUT2D eigenvalue weighted by Gasteiger charge is 2.05. The fourth-order valence-corrected chi connectivity index (χ4v) is 1.73. The van der Waals surface area contributed by atoms with E-state index in [0.29, 0.717) is 6.04 Å². The normalized spacial score (nSPS) is 13.1. The highest BCUT2D eigenvalue weighted by molar-refractivity contribution is 5.00. The van der Waals surface area contributed by atoms with Gasteiger partial charge in [0.15, 0.2) is 0 Å². The molecule has 1 N–H and O–H groups in total. The number of aryl methyl sites for hydroxylation is 2. The van der Waals surface area contributed by atoms with Crippen LogP contribution >= 0.6 is 0 Å². The first-order valence-electron chi connectivity index (χ1n) is 5.49. The van der Waals surface area contributed by atoms with Gasteiger partial charge in [0.2, 0.25) is 0 Å². The predicted octanol–water partition coefficient (Wildman–Crippen LogP) is 1.83. The van der Waals surface area contributed by atoms with E-state index in [2.05, 4.69) is 35.0 Å². The van der Waals surface area contributed by atoms with Crippen LogP contribution in [-0.4, -0.2) is 22.9 Å². The van der Waals surface area contributed by atoms with Gasteiger partial charge in [-0.15, -0.1) is 0 Å². The molecule has 0 saturated carbocycles. The van der Waals surface area contributed by atoms with E-state index in [-0.39, 0.29) is 0 Å². The molecule has 3 heteroatoms. The number of hydrogen-bond donors (Lipinski definition) is 1. The maximum atomic E-state index is 4.26. The molecule has 1 unspecified atom stereocenters. The van der Waals surface area contributed by atoms with Crippen molar-refractivity contribution in [2.45, 2.75) is 45.7 Å². The van der Waals surface area contributed by atoms with Crippen molar-refractivity contribution in [3.63, 3.8) is 0 Å². The molecule has 0 aliphatic rings. The monoisotopic (exact) mass is 195 g/mol. The SMILES string of the molecule is CCC(CCc1ccnn1CC)NC. The molecule has 3 nitrogen and oxygen atoms in total. The lowest BCUT2D eigenvalue weighted by Gasteiger charge is -2.13. The zero-order valence-corrected chi connectivity index (χ0v) is 9.45. The highest BCUT2D eigenvalue weighted by Crippen LogP contribution is 2.06. The van der Waals surface area contributed by atoms with Gasteiger partial charge in [-0.05, 0) is 39.3 Å². The number of aromatic nitrogens is 2. The van der Waals surface area contributed by atoms with Gasteiger partial charge in [-0.3, -0.25) is 4.68 Å². The summed E-state index contributed by atoms with van der Waals surface area (Å²) in [5, 5.41) is 7.58. The molecule has 0 saturated heterocycles. The van der Waals surface area contributed by atoms with Crippen molar-refractivity contribution in [2.75, 3.05) is 7.05 Å². The van der Waals surface area contributed by atoms with Crippen molar-refractivity contribution in [1.29, 1.82) is 0 Å². The van der Waals surface area contributed by atoms with Crippen molar-refractivity contribution in [2.24, 2.45) is 0 Å². The third-order valence-electron chi connectivity index (χ3n) is 2.75. The van der Waals surface area contributed by atoms with Gasteiger partial charge in [0.05, 0.1) is 0 Å². The second-order valence-corrected chi connectivity index (χ2v) is 3.57. The molecule has 0 radical (unpaired) electrons. The fourth-order valence-electron chi connectivity index (χ4n) is 1.73. The topological polar surface area (TPSA) is 29.9 Å². The quantitative estimate of drug-likeness (QED) is 0.750. The standard InChI is InChI=1S/C11H21N3/c1-4-10(12-3)6-7-11-8-9-13-14(11)5-2/h8-10,12H,4-7H2,1-3H3. The number of nitrogens with zero attached hydrogens (tertiary/aromatic N) is 2. The summed E-state index contributed by atoms with van der Waals surface area (Å²) < 4.78 is 2.07. The van der Waals surface area contributed by atoms with Gasteiger partial charge in [-0.25, -0.2) is 0 Å². The molecule has 0 bridgehead atoms. The third-order valence-corrected chi connectivity index (χ3v) is 2.75. The van der Waals surface area contributed by atoms with Crippen molar-refractivity contribution in [3.05, 3.63) is 18.0 Å². The van der Waals surface area contributed by atoms with Gasteiger partial charge in [0.25, 0.3) is 0 Å². The van der Waals surface area contributed by atoms with E-state index in [1.807, 2.05) is 13.2 Å². The van der Waals surface area contributed by atoms with Gasteiger partial charge in [0.1, 0.15) is 0 Å². The molecule has 14 heavy (non-hydrogen) atoms. The third kappa shape index (κ3) is 2.84. The first-order chi connectivity index (χ1) is 6.81. The van der Waals surface area contributed by atoms with Gasteiger partial charge < -0.3 is 5.32 Å². The number of rotatable bonds is 6. The van der Waals surface area contributed by atoms with Crippen LogP contribution in [0.5, 0.6) is 0 Å². The molecule has 0 amide bonds. The van der Waals surface area contributed by atoms with Crippen LogP contribution in [0.3, 0.4) is 0 Å². The molecule has 0 spiro atoms. The Morgan fingerprint density at radius 2 is 2.29 bits per heavy atom. The summed E-state index contributed by atoms with van der Waals surface area (Å²) in [6, 6.07) is 2.75. The van der Waals surface area contributed by atoms with E-state index in [9.17, 15) is 0 Å². The summed E-state index contributed by atoms with van der Waals surface area (Å²) in [5.74, 6) is 0. The minimum Gasteiger partial charge on any atom is -0.317 e. The average molecular weight is 195 g/mol. The Hall–Kier alpha value is -0.830. The van der Waals surface area contributed by atoms with Gasteiger partial charge in [0, 0.05) is 24.5 Å². The first kappa shape index (κ1) is 11.2. The Bertz CT molecular complexity index is 251. The molecule has 0 aliphatic carbocycles. The zero-order valence-electron chi connectivity index (χ0n) is 9.45. The van der Waals surface area contributed by atoms with Gasteiger partial charge in [-0.1, -0.05) is 6.92 Å². The first-order valence-corrected chi connectivity index (χ1v) is 5.49. The van der Waals surface area contributed by atoms with Crippen LogP contribution < -0.4 is 5.32 Å². The Kier molecular flexibility index (Phi) is 4.66. The van der Waals surface area contributed by atoms with Crippen LogP contribution in [0.2, 0.25) is 0 Å². The van der Waals surface area contributed by atoms with Crippen LogP contribution in [0.25, 0.3) is 0 Å². The van der Waals surface area contributed by atoms with Crippen molar-refractivity contribution >= 4 is 0 Å². The summed E-state index contributed by atoms with van der Waals surface area (Å²) in [6.45, 7) is 5.32. The van der Waals surface area contributed by atoms with Crippen molar-refractivity contribution in [1.82, 2.24) is 15.1 Å². The Labute approximate surface area is 86.5 Å². The largest absolute Gasteiger partial charge is 0.317 e. The lowest BCUT2D eigenvalue weighted by molar-refractivity contribution is 0.495. The molecule has 0 aromatic carbocycles. The number of hydrogen-bond acceptors (Lipinski definition) is 2. The molecule has 1 atom stereocenters. The maximum Gasteiger partial charge on any atom is 0.0492 e.